The molecule has 6 heteroatoms. The summed E-state index contributed by atoms with van der Waals surface area (Å²) in [5, 5.41) is 2.42. The van der Waals surface area contributed by atoms with E-state index >= 15 is 0 Å². The number of carbonyl (C=O) groups excluding carboxylic acids is 3. The van der Waals surface area contributed by atoms with E-state index in [0.29, 0.717) is 0 Å². The lowest BCUT2D eigenvalue weighted by atomic mass is 10.3. The normalized spacial score (nSPS) is 9.31. The number of nitrogens with one attached hydrogen (secondary N) is 2. The molecule has 0 unspecified atom stereocenters. The highest BCUT2D eigenvalue weighted by molar-refractivity contribution is 5.96. The molecule has 0 aromatic heterocycles. The molecule has 0 aliphatic carbocycles. The largest absolute Gasteiger partial charge is 0.469 e. The maximum atomic E-state index is 10.9. The average Bonchev–Trinajstić information content (AvgIpc) is 2.03. The monoisotopic (exact) mass is 187 g/mol. The summed E-state index contributed by atoms with van der Waals surface area (Å²) >= 11 is 0. The first-order valence-corrected chi connectivity index (χ1v) is 3.60. The summed E-state index contributed by atoms with van der Waals surface area (Å²) in [6.07, 6.45) is -0.310. The van der Waals surface area contributed by atoms with E-state index in [-0.39, 0.29) is 25.3 Å². The van der Waals surface area contributed by atoms with Crippen LogP contribution in [0.1, 0.15) is 6.42 Å². The third-order valence-corrected chi connectivity index (χ3v) is 1.18. The van der Waals surface area contributed by atoms with Crippen molar-refractivity contribution >= 4 is 17.7 Å². The van der Waals surface area contributed by atoms with Gasteiger partial charge in [0.15, 0.2) is 5.78 Å². The maximum Gasteiger partial charge on any atom is 0.313 e. The number of methoxy groups -OCH3 is 1. The molecule has 0 saturated heterocycles. The van der Waals surface area contributed by atoms with Crippen molar-refractivity contribution < 1.29 is 19.1 Å². The molecule has 0 saturated carbocycles. The van der Waals surface area contributed by atoms with E-state index in [1.165, 1.54) is 7.11 Å². The third kappa shape index (κ3) is 6.95. The van der Waals surface area contributed by atoms with Gasteiger partial charge in [0.25, 0.3) is 5.91 Å². The van der Waals surface area contributed by atoms with Crippen LogP contribution in [0.4, 0.5) is 0 Å². The van der Waals surface area contributed by atoms with Gasteiger partial charge in [0.1, 0.15) is 6.42 Å². The van der Waals surface area contributed by atoms with Crippen LogP contribution in [0.15, 0.2) is 0 Å². The fourth-order valence-electron chi connectivity index (χ4n) is 0.611. The number of esters is 1. The summed E-state index contributed by atoms with van der Waals surface area (Å²) < 4.78 is 4.26. The van der Waals surface area contributed by atoms with E-state index in [2.05, 4.69) is 10.1 Å². The summed E-state index contributed by atoms with van der Waals surface area (Å²) in [5.74, 6) is -1.78. The minimum Gasteiger partial charge on any atom is -0.469 e. The predicted molar refractivity (Wildman–Crippen MR) is 42.6 cm³/mol. The van der Waals surface area contributed by atoms with Crippen molar-refractivity contribution in [2.24, 2.45) is 0 Å². The van der Waals surface area contributed by atoms with Crippen molar-refractivity contribution in [2.75, 3.05) is 20.2 Å². The highest BCUT2D eigenvalue weighted by Gasteiger charge is 2.08. The Hall–Kier alpha value is -1.43. The van der Waals surface area contributed by atoms with Gasteiger partial charge in [0, 0.05) is 0 Å². The predicted octanol–water partition coefficient (Wildman–Crippen LogP) is -1.48. The maximum absolute atomic E-state index is 10.9. The second-order valence-electron chi connectivity index (χ2n) is 2.32. The highest BCUT2D eigenvalue weighted by Crippen LogP contribution is 1.85. The zero-order valence-corrected chi connectivity index (χ0v) is 7.25. The lowest BCUT2D eigenvalue weighted by Crippen LogP contribution is -2.30. The van der Waals surface area contributed by atoms with Crippen LogP contribution in [-0.2, 0) is 19.1 Å². The van der Waals surface area contributed by atoms with Crippen molar-refractivity contribution in [3.05, 3.63) is 0 Å². The van der Waals surface area contributed by atoms with Gasteiger partial charge in [-0.3, -0.25) is 20.1 Å². The number of carbonyl (C=O) groups is 3. The van der Waals surface area contributed by atoms with E-state index < -0.39 is 11.9 Å². The van der Waals surface area contributed by atoms with E-state index in [4.69, 9.17) is 5.73 Å². The van der Waals surface area contributed by atoms with Crippen molar-refractivity contribution in [3.63, 3.8) is 0 Å². The Morgan fingerprint density at radius 2 is 1.92 bits per heavy atom. The number of hydrogen-bond donors (Lipinski definition) is 1. The number of ether oxygens (including phenoxy) is 1. The molecule has 0 aliphatic heterocycles. The van der Waals surface area contributed by atoms with Gasteiger partial charge in [-0.25, -0.2) is 0 Å². The molecule has 0 bridgehead atoms. The molecule has 73 valence electrons. The van der Waals surface area contributed by atoms with Gasteiger partial charge in [0.05, 0.1) is 20.2 Å². The Bertz CT molecular complexity index is 215. The van der Waals surface area contributed by atoms with Crippen LogP contribution in [0.25, 0.3) is 0 Å². The van der Waals surface area contributed by atoms with Crippen LogP contribution < -0.4 is 11.1 Å². The summed E-state index contributed by atoms with van der Waals surface area (Å²) in [5.41, 5.74) is 6.50. The van der Waals surface area contributed by atoms with Crippen molar-refractivity contribution in [1.82, 2.24) is 11.1 Å². The molecule has 0 atom stereocenters. The zero-order chi connectivity index (χ0) is 10.3. The van der Waals surface area contributed by atoms with Gasteiger partial charge in [0.2, 0.25) is 0 Å². The molecule has 0 fully saturated rings. The highest BCUT2D eigenvalue weighted by atomic mass is 16.5. The zero-order valence-electron chi connectivity index (χ0n) is 7.25. The second-order valence-corrected chi connectivity index (χ2v) is 2.32. The molecular formula is C7H11N2O4. The molecular weight excluding hydrogens is 176 g/mol. The van der Waals surface area contributed by atoms with Crippen molar-refractivity contribution in [2.45, 2.75) is 6.42 Å². The first-order chi connectivity index (χ1) is 6.06. The SMILES string of the molecule is COC(=O)CC(=O)CNCC([NH])=O. The number of Topliss-reactive ketones (excluding diaryl/α,β-unsaturated/α-hetero) is 1. The topological polar surface area (TPSA) is 96.3 Å². The van der Waals surface area contributed by atoms with Gasteiger partial charge >= 0.3 is 5.97 Å². The minimum absolute atomic E-state index is 0.0975. The molecule has 0 spiro atoms. The van der Waals surface area contributed by atoms with E-state index in [0.717, 1.165) is 0 Å². The van der Waals surface area contributed by atoms with Crippen LogP contribution in [-0.4, -0.2) is 37.9 Å². The Balaban J connectivity index is 3.52. The number of hydrogen-bond acceptors (Lipinski definition) is 5. The Morgan fingerprint density at radius 1 is 1.31 bits per heavy atom. The molecule has 0 aromatic carbocycles. The fourth-order valence-corrected chi connectivity index (χ4v) is 0.611. The van der Waals surface area contributed by atoms with Crippen LogP contribution in [0.3, 0.4) is 0 Å². The number of amides is 1. The van der Waals surface area contributed by atoms with Gasteiger partial charge < -0.3 is 10.1 Å². The first-order valence-electron chi connectivity index (χ1n) is 3.60. The number of ketones is 1. The quantitative estimate of drug-likeness (QED) is 0.404. The Morgan fingerprint density at radius 3 is 2.38 bits per heavy atom. The molecule has 1 radical (unpaired) electrons. The van der Waals surface area contributed by atoms with E-state index in [9.17, 15) is 14.4 Å². The van der Waals surface area contributed by atoms with Crippen molar-refractivity contribution in [1.29, 1.82) is 0 Å². The molecule has 2 N–H and O–H groups in total. The Kier molecular flexibility index (Phi) is 5.45. The second kappa shape index (κ2) is 6.13. The smallest absolute Gasteiger partial charge is 0.313 e. The summed E-state index contributed by atoms with van der Waals surface area (Å²) in [6.45, 7) is -0.285. The van der Waals surface area contributed by atoms with Crippen LogP contribution in [0, 0.1) is 0 Å². The van der Waals surface area contributed by atoms with Gasteiger partial charge in [-0.15, -0.1) is 0 Å². The molecule has 0 aromatic rings. The van der Waals surface area contributed by atoms with Crippen LogP contribution in [0.5, 0.6) is 0 Å². The van der Waals surface area contributed by atoms with Gasteiger partial charge in [-0.05, 0) is 0 Å². The lowest BCUT2D eigenvalue weighted by molar-refractivity contribution is -0.143. The first kappa shape index (κ1) is 11.6. The molecule has 0 heterocycles. The van der Waals surface area contributed by atoms with E-state index in [1.54, 1.807) is 0 Å². The minimum atomic E-state index is -0.800. The fraction of sp³-hybridized carbons (Fsp3) is 0.571. The van der Waals surface area contributed by atoms with Gasteiger partial charge in [-0.2, -0.15) is 0 Å². The summed E-state index contributed by atoms with van der Waals surface area (Å²) in [7, 11) is 1.19. The number of rotatable bonds is 6. The lowest BCUT2D eigenvalue weighted by Gasteiger charge is -1.99. The van der Waals surface area contributed by atoms with Crippen molar-refractivity contribution in [3.8, 4) is 0 Å². The summed E-state index contributed by atoms with van der Waals surface area (Å²) in [6, 6.07) is 0. The average molecular weight is 187 g/mol. The molecule has 13 heavy (non-hydrogen) atoms. The van der Waals surface area contributed by atoms with Crippen LogP contribution in [0.2, 0.25) is 0 Å². The summed E-state index contributed by atoms with van der Waals surface area (Å²) in [4.78, 5) is 31.5. The molecule has 6 nitrogen and oxygen atoms in total. The molecule has 0 aliphatic rings. The Labute approximate surface area is 75.4 Å². The molecule has 0 rings (SSSR count). The van der Waals surface area contributed by atoms with Gasteiger partial charge in [-0.1, -0.05) is 0 Å². The third-order valence-electron chi connectivity index (χ3n) is 1.18. The standard InChI is InChI=1S/C7H11N2O4/c1-13-7(12)2-5(10)3-9-4-6(8)11/h8-9H,2-4H2,1H3. The van der Waals surface area contributed by atoms with E-state index in [1.807, 2.05) is 0 Å². The molecule has 1 amide bonds. The van der Waals surface area contributed by atoms with Crippen LogP contribution >= 0.6 is 0 Å².